The number of allylic oxidation sites excluding steroid dienone is 1. The Hall–Kier alpha value is -6.89. The van der Waals surface area contributed by atoms with E-state index in [1.165, 1.54) is 32.1 Å². The molecule has 1 fully saturated rings. The summed E-state index contributed by atoms with van der Waals surface area (Å²) in [6, 6.07) is 12.7. The molecule has 74 heavy (non-hydrogen) atoms. The van der Waals surface area contributed by atoms with Gasteiger partial charge in [0.25, 0.3) is 0 Å². The van der Waals surface area contributed by atoms with Gasteiger partial charge in [-0.3, -0.25) is 19.3 Å². The molecule has 4 aromatic rings. The lowest BCUT2D eigenvalue weighted by molar-refractivity contribution is -0.132. The average Bonchev–Trinajstić information content (AvgIpc) is 3.78. The number of nitrogen functional groups attached to an aromatic ring is 1. The third kappa shape index (κ3) is 18.5. The third-order valence-electron chi connectivity index (χ3n) is 13.5. The second kappa shape index (κ2) is 30.3. The number of nitrogens with two attached hydrogens (primary N) is 2. The number of methoxy groups -OCH3 is 1. The lowest BCUT2D eigenvalue weighted by Gasteiger charge is -2.34. The molecule has 19 nitrogen and oxygen atoms in total. The average molecular weight is 1020 g/mol. The molecule has 1 aliphatic rings. The van der Waals surface area contributed by atoms with Gasteiger partial charge in [-0.05, 0) is 85.8 Å². The van der Waals surface area contributed by atoms with Crippen LogP contribution in [-0.4, -0.2) is 113 Å². The maximum Gasteiger partial charge on any atom is 0.410 e. The molecule has 0 saturated carbocycles. The molecule has 3 atom stereocenters. The van der Waals surface area contributed by atoms with E-state index < -0.39 is 36.0 Å². The van der Waals surface area contributed by atoms with E-state index in [0.717, 1.165) is 71.0 Å². The van der Waals surface area contributed by atoms with Crippen LogP contribution in [0.15, 0.2) is 67.4 Å². The molecule has 5 rings (SSSR count). The van der Waals surface area contributed by atoms with E-state index in [1.54, 1.807) is 36.3 Å². The summed E-state index contributed by atoms with van der Waals surface area (Å²) in [4.78, 5) is 76.7. The number of piperazine rings is 1. The zero-order chi connectivity index (χ0) is 53.4. The molecule has 1 saturated heterocycles. The second-order valence-electron chi connectivity index (χ2n) is 19.6. The zero-order valence-electron chi connectivity index (χ0n) is 44.4. The number of carbonyl (C=O) groups is 5. The third-order valence-corrected chi connectivity index (χ3v) is 13.5. The topological polar surface area (TPSA) is 253 Å². The van der Waals surface area contributed by atoms with E-state index in [2.05, 4.69) is 77.7 Å². The van der Waals surface area contributed by atoms with Crippen molar-refractivity contribution in [3.8, 4) is 5.75 Å². The van der Waals surface area contributed by atoms with Gasteiger partial charge in [0.2, 0.25) is 23.7 Å². The molecule has 0 radical (unpaired) electrons. The van der Waals surface area contributed by atoms with Gasteiger partial charge >= 0.3 is 12.1 Å². The first-order valence-corrected chi connectivity index (χ1v) is 26.5. The van der Waals surface area contributed by atoms with Gasteiger partial charge in [-0.25, -0.2) is 14.6 Å². The summed E-state index contributed by atoms with van der Waals surface area (Å²) in [6.07, 6.45) is 14.6. The number of benzene rings is 2. The molecule has 1 unspecified atom stereocenters. The molecule has 6 amide bonds. The highest BCUT2D eigenvalue weighted by molar-refractivity contribution is 5.98. The fraction of sp³-hybridized carbons (Fsp3) is 0.545. The Morgan fingerprint density at radius 3 is 2.27 bits per heavy atom. The number of unbranched alkanes of at least 4 members (excludes halogenated alkanes) is 3. The van der Waals surface area contributed by atoms with Crippen LogP contribution >= 0.6 is 0 Å². The van der Waals surface area contributed by atoms with Crippen molar-refractivity contribution < 1.29 is 33.4 Å². The minimum absolute atomic E-state index is 0.0416. The lowest BCUT2D eigenvalue weighted by Crippen LogP contribution is -2.54. The van der Waals surface area contributed by atoms with E-state index in [0.29, 0.717) is 57.8 Å². The summed E-state index contributed by atoms with van der Waals surface area (Å²) >= 11 is 0. The predicted octanol–water partition coefficient (Wildman–Crippen LogP) is 7.69. The highest BCUT2D eigenvalue weighted by Crippen LogP contribution is 2.28. The molecule has 0 spiro atoms. The van der Waals surface area contributed by atoms with Crippen molar-refractivity contribution in [1.82, 2.24) is 40.3 Å². The van der Waals surface area contributed by atoms with Crippen molar-refractivity contribution in [2.75, 3.05) is 62.7 Å². The number of urea groups is 1. The minimum atomic E-state index is -0.964. The number of aromatic nitrogens is 3. The van der Waals surface area contributed by atoms with Crippen molar-refractivity contribution in [2.45, 2.75) is 137 Å². The van der Waals surface area contributed by atoms with Crippen LogP contribution in [0.5, 0.6) is 5.75 Å². The highest BCUT2D eigenvalue weighted by atomic mass is 16.6. The summed E-state index contributed by atoms with van der Waals surface area (Å²) < 4.78 is 13.7. The van der Waals surface area contributed by atoms with Crippen LogP contribution in [0.4, 0.5) is 27.0 Å². The maximum atomic E-state index is 13.5. The van der Waals surface area contributed by atoms with Crippen molar-refractivity contribution in [3.63, 3.8) is 0 Å². The number of hydrogen-bond donors (Lipinski definition) is 7. The Labute approximate surface area is 437 Å². The van der Waals surface area contributed by atoms with Crippen molar-refractivity contribution >= 4 is 58.3 Å². The van der Waals surface area contributed by atoms with Gasteiger partial charge in [0.15, 0.2) is 5.82 Å². The number of hydrogen-bond acceptors (Lipinski definition) is 12. The first-order valence-electron chi connectivity index (χ1n) is 26.5. The Morgan fingerprint density at radius 2 is 1.58 bits per heavy atom. The summed E-state index contributed by atoms with van der Waals surface area (Å²) in [5, 5.41) is 14.4. The van der Waals surface area contributed by atoms with Gasteiger partial charge in [-0.2, -0.15) is 4.98 Å². The van der Waals surface area contributed by atoms with Crippen LogP contribution in [0.2, 0.25) is 0 Å². The smallest absolute Gasteiger partial charge is 0.410 e. The number of anilines is 3. The van der Waals surface area contributed by atoms with Crippen molar-refractivity contribution in [2.24, 2.45) is 17.6 Å². The van der Waals surface area contributed by atoms with Crippen LogP contribution in [0.3, 0.4) is 0 Å². The molecule has 2 aromatic carbocycles. The molecule has 3 heterocycles. The molecule has 0 bridgehead atoms. The molecular formula is C55H82N12O7. The molecule has 9 N–H and O–H groups in total. The second-order valence-corrected chi connectivity index (χ2v) is 19.6. The van der Waals surface area contributed by atoms with Crippen LogP contribution in [-0.2, 0) is 38.8 Å². The fourth-order valence-electron chi connectivity index (χ4n) is 9.18. The fourth-order valence-corrected chi connectivity index (χ4v) is 9.18. The number of nitrogens with one attached hydrogen (secondary N) is 5. The number of nitrogens with zero attached hydrogens (tertiary/aromatic N) is 5. The number of ether oxygens (including phenoxy) is 2. The van der Waals surface area contributed by atoms with Gasteiger partial charge < -0.3 is 57.0 Å². The SMILES string of the molecule is C=CCCCC(CC)CCCCCNc1nc(N)nc2ccn(Cc3ccc(CN4CCN(C(=O)OCc5ccc(NC(=O)[C@H](CCCNC(N)=O)NC(=O)[C@@H](NC(=O)CCC)C(C)C)cc5)CC4)cc3OC)c12. The molecule has 0 aliphatic carbocycles. The predicted molar refractivity (Wildman–Crippen MR) is 291 cm³/mol. The van der Waals surface area contributed by atoms with Gasteiger partial charge in [0.1, 0.15) is 30.0 Å². The number of fused-ring (bicyclic) bond motifs is 1. The Bertz CT molecular complexity index is 2440. The van der Waals surface area contributed by atoms with E-state index in [9.17, 15) is 24.0 Å². The quantitative estimate of drug-likeness (QED) is 0.0189. The summed E-state index contributed by atoms with van der Waals surface area (Å²) in [5.74, 6) is 1.12. The van der Waals surface area contributed by atoms with Gasteiger partial charge in [-0.15, -0.1) is 6.58 Å². The van der Waals surface area contributed by atoms with Crippen molar-refractivity contribution in [3.05, 3.63) is 84.1 Å². The summed E-state index contributed by atoms with van der Waals surface area (Å²) in [7, 11) is 1.69. The number of rotatable bonds is 31. The van der Waals surface area contributed by atoms with Gasteiger partial charge in [0.05, 0.1) is 19.2 Å². The van der Waals surface area contributed by atoms with E-state index in [-0.39, 0.29) is 43.8 Å². The minimum Gasteiger partial charge on any atom is -0.496 e. The molecule has 19 heteroatoms. The molecule has 2 aromatic heterocycles. The van der Waals surface area contributed by atoms with Crippen LogP contribution in [0, 0.1) is 11.8 Å². The number of amides is 6. The highest BCUT2D eigenvalue weighted by Gasteiger charge is 2.29. The normalized spacial score (nSPS) is 13.9. The zero-order valence-corrected chi connectivity index (χ0v) is 44.4. The maximum absolute atomic E-state index is 13.5. The number of carbonyl (C=O) groups excluding carboxylic acids is 5. The van der Waals surface area contributed by atoms with Crippen LogP contribution in [0.1, 0.15) is 121 Å². The standard InChI is InChI=1S/C55H82N12O7/c1-7-10-12-17-39(9-3)18-13-11-14-27-58-50-49-44(62-53(56)64-50)26-29-67(49)36-42-23-20-41(34-46(42)73-6)35-65-30-32-66(33-31-65)55(72)74-37-40-21-24-43(25-22-40)60-51(69)45(19-15-28-59-54(57)71)61-52(70)48(38(4)5)63-47(68)16-8-2/h7,20-26,29,34,38-39,45,48H,1,8-19,27-28,30-33,35-37H2,2-6H3,(H,60,69)(H,61,70)(H,63,68)(H3,57,59,71)(H3,56,58,62,64)/t39?,45-,48-/m0/s1. The first kappa shape index (κ1) is 58.0. The Kier molecular flexibility index (Phi) is 23.8. The number of primary amides is 1. The van der Waals surface area contributed by atoms with E-state index in [4.69, 9.17) is 20.9 Å². The monoisotopic (exact) mass is 1020 g/mol. The summed E-state index contributed by atoms with van der Waals surface area (Å²) in [6.45, 7) is 16.3. The van der Waals surface area contributed by atoms with Crippen LogP contribution in [0.25, 0.3) is 11.0 Å². The molecule has 1 aliphatic heterocycles. The Balaban J connectivity index is 1.08. The van der Waals surface area contributed by atoms with Crippen molar-refractivity contribution in [1.29, 1.82) is 0 Å². The van der Waals surface area contributed by atoms with Gasteiger partial charge in [-0.1, -0.05) is 90.1 Å². The first-order chi connectivity index (χ1) is 35.7. The van der Waals surface area contributed by atoms with Crippen LogP contribution < -0.4 is 42.8 Å². The largest absolute Gasteiger partial charge is 0.496 e. The molecular weight excluding hydrogens is 941 g/mol. The summed E-state index contributed by atoms with van der Waals surface area (Å²) in [5.41, 5.74) is 16.3. The van der Waals surface area contributed by atoms with Gasteiger partial charge in [0, 0.05) is 69.7 Å². The Morgan fingerprint density at radius 1 is 0.838 bits per heavy atom. The van der Waals surface area contributed by atoms with E-state index in [1.807, 2.05) is 39.1 Å². The van der Waals surface area contributed by atoms with E-state index >= 15 is 0 Å². The molecule has 404 valence electrons. The lowest BCUT2D eigenvalue weighted by atomic mass is 9.93.